The lowest BCUT2D eigenvalue weighted by Gasteiger charge is -2.18. The number of aromatic nitrogens is 4. The van der Waals surface area contributed by atoms with Gasteiger partial charge in [0.15, 0.2) is 6.73 Å². The molecule has 2 aromatic rings. The van der Waals surface area contributed by atoms with Crippen LogP contribution in [0.5, 0.6) is 0 Å². The molecule has 0 radical (unpaired) electrons. The summed E-state index contributed by atoms with van der Waals surface area (Å²) in [4.78, 5) is 6.15. The molecular formula is C29H33F2N5O. The Labute approximate surface area is 216 Å². The summed E-state index contributed by atoms with van der Waals surface area (Å²) in [5, 5.41) is 12.3. The van der Waals surface area contributed by atoms with Crippen molar-refractivity contribution in [2.45, 2.75) is 58.7 Å². The molecule has 37 heavy (non-hydrogen) atoms. The number of hydrogen-bond donors (Lipinski definition) is 0. The minimum absolute atomic E-state index is 0.0168. The highest BCUT2D eigenvalue weighted by atomic mass is 19.1. The summed E-state index contributed by atoms with van der Waals surface area (Å²) >= 11 is 0. The van der Waals surface area contributed by atoms with Gasteiger partial charge in [0.2, 0.25) is 5.82 Å². The minimum Gasteiger partial charge on any atom is -0.358 e. The number of aliphatic imine (C=N–C) groups is 1. The Bertz CT molecular complexity index is 1250. The van der Waals surface area contributed by atoms with Crippen LogP contribution in [-0.2, 0) is 11.5 Å². The van der Waals surface area contributed by atoms with Crippen molar-refractivity contribution in [3.63, 3.8) is 0 Å². The van der Waals surface area contributed by atoms with E-state index < -0.39 is 11.6 Å². The normalized spacial score (nSPS) is 22.9. The number of benzene rings is 1. The molecule has 0 N–H and O–H groups in total. The second-order valence-electron chi connectivity index (χ2n) is 9.07. The van der Waals surface area contributed by atoms with Crippen molar-refractivity contribution in [1.29, 1.82) is 0 Å². The van der Waals surface area contributed by atoms with E-state index in [-0.39, 0.29) is 24.3 Å². The van der Waals surface area contributed by atoms with Crippen molar-refractivity contribution in [2.75, 3.05) is 6.61 Å². The molecule has 8 heteroatoms. The molecule has 2 heterocycles. The average Bonchev–Trinajstić information content (AvgIpc) is 3.54. The number of ether oxygens (including phenoxy) is 1. The quantitative estimate of drug-likeness (QED) is 0.292. The van der Waals surface area contributed by atoms with E-state index in [1.165, 1.54) is 28.6 Å². The van der Waals surface area contributed by atoms with Gasteiger partial charge in [-0.05, 0) is 74.4 Å². The van der Waals surface area contributed by atoms with Gasteiger partial charge in [0.05, 0.1) is 11.6 Å². The smallest absolute Gasteiger partial charge is 0.204 e. The van der Waals surface area contributed by atoms with Gasteiger partial charge < -0.3 is 4.74 Å². The number of nitrogens with zero attached hydrogens (tertiary/aromatic N) is 5. The summed E-state index contributed by atoms with van der Waals surface area (Å²) in [6, 6.07) is 3.93. The van der Waals surface area contributed by atoms with E-state index in [1.54, 1.807) is 0 Å². The number of halogens is 2. The number of tetrazole rings is 1. The molecule has 0 saturated heterocycles. The number of rotatable bonds is 9. The maximum absolute atomic E-state index is 14.3. The van der Waals surface area contributed by atoms with Gasteiger partial charge in [0.1, 0.15) is 11.6 Å². The Hall–Kier alpha value is -3.52. The van der Waals surface area contributed by atoms with E-state index in [2.05, 4.69) is 46.3 Å². The van der Waals surface area contributed by atoms with Gasteiger partial charge in [0, 0.05) is 23.8 Å². The molecule has 0 saturated carbocycles. The van der Waals surface area contributed by atoms with Crippen LogP contribution in [0.3, 0.4) is 0 Å². The van der Waals surface area contributed by atoms with Crippen LogP contribution < -0.4 is 0 Å². The van der Waals surface area contributed by atoms with Crippen LogP contribution >= 0.6 is 0 Å². The summed E-state index contributed by atoms with van der Waals surface area (Å²) in [5.41, 5.74) is 3.60. The number of allylic oxidation sites excluding steroid dienone is 8. The van der Waals surface area contributed by atoms with Gasteiger partial charge >= 0.3 is 0 Å². The van der Waals surface area contributed by atoms with Gasteiger partial charge in [0.25, 0.3) is 0 Å². The van der Waals surface area contributed by atoms with E-state index >= 15 is 0 Å². The molecule has 2 unspecified atom stereocenters. The van der Waals surface area contributed by atoms with E-state index in [4.69, 9.17) is 9.73 Å². The van der Waals surface area contributed by atoms with E-state index in [1.807, 2.05) is 26.0 Å². The number of hydrogen-bond acceptors (Lipinski definition) is 5. The fourth-order valence-electron chi connectivity index (χ4n) is 4.65. The van der Waals surface area contributed by atoms with Gasteiger partial charge in [-0.2, -0.15) is 0 Å². The highest BCUT2D eigenvalue weighted by Gasteiger charge is 2.26. The molecule has 1 aromatic heterocycles. The summed E-state index contributed by atoms with van der Waals surface area (Å²) in [6.45, 7) is 8.84. The fourth-order valence-corrected chi connectivity index (χ4v) is 4.65. The zero-order valence-corrected chi connectivity index (χ0v) is 21.4. The Balaban J connectivity index is 1.44. The molecule has 6 nitrogen and oxygen atoms in total. The maximum atomic E-state index is 14.3. The highest BCUT2D eigenvalue weighted by molar-refractivity contribution is 6.02. The summed E-state index contributed by atoms with van der Waals surface area (Å²) in [6.07, 6.45) is 16.7. The molecule has 0 spiro atoms. The van der Waals surface area contributed by atoms with Gasteiger partial charge in [-0.3, -0.25) is 4.99 Å². The molecule has 1 aliphatic heterocycles. The molecule has 0 fully saturated rings. The van der Waals surface area contributed by atoms with Crippen LogP contribution in [0.25, 0.3) is 5.57 Å². The lowest BCUT2D eigenvalue weighted by molar-refractivity contribution is 0.0678. The summed E-state index contributed by atoms with van der Waals surface area (Å²) in [7, 11) is 0. The van der Waals surface area contributed by atoms with Crippen molar-refractivity contribution in [1.82, 2.24) is 20.2 Å². The topological polar surface area (TPSA) is 65.2 Å². The second-order valence-corrected chi connectivity index (χ2v) is 9.07. The van der Waals surface area contributed by atoms with Crippen LogP contribution in [0.1, 0.15) is 57.3 Å². The highest BCUT2D eigenvalue weighted by Crippen LogP contribution is 2.31. The third kappa shape index (κ3) is 6.63. The van der Waals surface area contributed by atoms with E-state index in [0.717, 1.165) is 31.3 Å². The van der Waals surface area contributed by atoms with Crippen LogP contribution in [0.4, 0.5) is 8.78 Å². The van der Waals surface area contributed by atoms with Crippen molar-refractivity contribution in [3.8, 4) is 0 Å². The zero-order valence-electron chi connectivity index (χ0n) is 21.4. The van der Waals surface area contributed by atoms with Crippen LogP contribution in [0.2, 0.25) is 0 Å². The molecule has 0 amide bonds. The average molecular weight is 506 g/mol. The lowest BCUT2D eigenvalue weighted by Crippen LogP contribution is -2.08. The third-order valence-corrected chi connectivity index (χ3v) is 6.64. The van der Waals surface area contributed by atoms with Crippen LogP contribution in [0, 0.1) is 17.6 Å². The maximum Gasteiger partial charge on any atom is 0.204 e. The Kier molecular flexibility index (Phi) is 9.06. The monoisotopic (exact) mass is 505 g/mol. The molecule has 194 valence electrons. The fraction of sp³-hybridized carbons (Fsp3) is 0.379. The zero-order chi connectivity index (χ0) is 26.2. The van der Waals surface area contributed by atoms with Crippen LogP contribution in [0.15, 0.2) is 77.4 Å². The van der Waals surface area contributed by atoms with Crippen LogP contribution in [-0.4, -0.2) is 38.6 Å². The lowest BCUT2D eigenvalue weighted by atomic mass is 9.88. The molecular weight excluding hydrogens is 472 g/mol. The largest absolute Gasteiger partial charge is 0.358 e. The summed E-state index contributed by atoms with van der Waals surface area (Å²) < 4.78 is 33.9. The van der Waals surface area contributed by atoms with Gasteiger partial charge in [-0.25, -0.2) is 8.78 Å². The molecule has 1 aliphatic carbocycles. The van der Waals surface area contributed by atoms with Crippen molar-refractivity contribution in [2.24, 2.45) is 10.9 Å². The van der Waals surface area contributed by atoms with E-state index in [9.17, 15) is 8.78 Å². The predicted molar refractivity (Wildman–Crippen MR) is 142 cm³/mol. The Morgan fingerprint density at radius 2 is 2.03 bits per heavy atom. The standard InChI is InChI=1S/C29H33F2N5O/c1-4-21(14-13-20(3)29-33-35-36(34-29)19-37-5-2)22-9-6-7-10-23(16-15-22)26-17-18-27(32-26)28-24(30)11-8-12-25(28)31/h4,6,8-9,11-14,16,22,26H,3,5,7,10,15,17-19H2,1-2H3/b9-6-,14-13-,21-4+,23-16+. The third-order valence-electron chi connectivity index (χ3n) is 6.64. The molecule has 4 rings (SSSR count). The molecule has 0 bridgehead atoms. The minimum atomic E-state index is -0.549. The Morgan fingerprint density at radius 1 is 1.22 bits per heavy atom. The first-order valence-corrected chi connectivity index (χ1v) is 12.8. The van der Waals surface area contributed by atoms with Crippen molar-refractivity contribution < 1.29 is 13.5 Å². The first kappa shape index (κ1) is 26.5. The van der Waals surface area contributed by atoms with Gasteiger partial charge in [-0.1, -0.05) is 49.1 Å². The SMILES string of the molecule is C=C(/C=C\C(=C/C)C1/C=C\CC/C(C2CCC(c3c(F)cccc3F)=N2)=C\C1)c1nnn(COCC)n1. The first-order chi connectivity index (χ1) is 18.0. The first-order valence-electron chi connectivity index (χ1n) is 12.8. The van der Waals surface area contributed by atoms with E-state index in [0.29, 0.717) is 30.1 Å². The predicted octanol–water partition coefficient (Wildman–Crippen LogP) is 6.40. The molecule has 2 aliphatic rings. The Morgan fingerprint density at radius 3 is 2.78 bits per heavy atom. The molecule has 2 atom stereocenters. The van der Waals surface area contributed by atoms with Crippen molar-refractivity contribution >= 4 is 11.3 Å². The van der Waals surface area contributed by atoms with Gasteiger partial charge in [-0.15, -0.1) is 15.0 Å². The van der Waals surface area contributed by atoms with Crippen molar-refractivity contribution in [3.05, 3.63) is 95.4 Å². The second kappa shape index (κ2) is 12.6. The summed E-state index contributed by atoms with van der Waals surface area (Å²) in [5.74, 6) is -0.442. The molecule has 1 aromatic carbocycles.